The zero-order valence-electron chi connectivity index (χ0n) is 9.83. The van der Waals surface area contributed by atoms with E-state index in [9.17, 15) is 18.4 Å². The van der Waals surface area contributed by atoms with Crippen LogP contribution in [-0.4, -0.2) is 55.0 Å². The molecule has 98 valence electrons. The number of piperazine rings is 1. The van der Waals surface area contributed by atoms with Gasteiger partial charge in [0.25, 0.3) is 6.43 Å². The Labute approximate surface area is 98.1 Å². The van der Waals surface area contributed by atoms with Crippen molar-refractivity contribution in [1.82, 2.24) is 10.2 Å². The Balaban J connectivity index is 2.42. The Kier molecular flexibility index (Phi) is 4.39. The summed E-state index contributed by atoms with van der Waals surface area (Å²) in [5.41, 5.74) is -0.946. The number of carbonyl (C=O) groups excluding carboxylic acids is 2. The van der Waals surface area contributed by atoms with E-state index in [-0.39, 0.29) is 31.5 Å². The summed E-state index contributed by atoms with van der Waals surface area (Å²) in [7, 11) is 0. The molecule has 1 rings (SSSR count). The second kappa shape index (κ2) is 5.39. The molecule has 0 bridgehead atoms. The van der Waals surface area contributed by atoms with Gasteiger partial charge in [-0.1, -0.05) is 0 Å². The highest BCUT2D eigenvalue weighted by molar-refractivity contribution is 5.97. The highest BCUT2D eigenvalue weighted by atomic mass is 19.3. The average Bonchev–Trinajstić information content (AvgIpc) is 2.18. The zero-order chi connectivity index (χ0) is 13.1. The topological polar surface area (TPSA) is 58.6 Å². The molecule has 0 saturated carbocycles. The molecule has 17 heavy (non-hydrogen) atoms. The van der Waals surface area contributed by atoms with Gasteiger partial charge in [0.05, 0.1) is 13.2 Å². The van der Waals surface area contributed by atoms with E-state index in [1.807, 2.05) is 0 Å². The van der Waals surface area contributed by atoms with Gasteiger partial charge in [0.2, 0.25) is 11.8 Å². The van der Waals surface area contributed by atoms with Crippen molar-refractivity contribution in [2.75, 3.05) is 26.3 Å². The first-order valence-corrected chi connectivity index (χ1v) is 5.29. The second-order valence-electron chi connectivity index (χ2n) is 4.37. The Morgan fingerprint density at radius 3 is 2.71 bits per heavy atom. The van der Waals surface area contributed by atoms with E-state index in [1.165, 1.54) is 4.90 Å². The maximum atomic E-state index is 11.8. The minimum Gasteiger partial charge on any atom is -0.374 e. The van der Waals surface area contributed by atoms with Gasteiger partial charge in [-0.05, 0) is 13.8 Å². The van der Waals surface area contributed by atoms with Gasteiger partial charge in [0, 0.05) is 6.54 Å². The number of amides is 2. The standard InChI is InChI=1S/C10H16F2N2O3/c1-10(2)9(16)14(5-8(15)13-10)3-4-17-6-7(11)12/h7H,3-6H2,1-2H3,(H,13,15). The molecule has 0 spiro atoms. The second-order valence-corrected chi connectivity index (χ2v) is 4.37. The number of halogens is 2. The summed E-state index contributed by atoms with van der Waals surface area (Å²) in [5.74, 6) is -0.499. The summed E-state index contributed by atoms with van der Waals surface area (Å²) in [6.45, 7) is 2.62. The Morgan fingerprint density at radius 1 is 1.47 bits per heavy atom. The maximum Gasteiger partial charge on any atom is 0.261 e. The molecule has 0 radical (unpaired) electrons. The van der Waals surface area contributed by atoms with Gasteiger partial charge in [-0.2, -0.15) is 0 Å². The van der Waals surface area contributed by atoms with Crippen molar-refractivity contribution in [1.29, 1.82) is 0 Å². The molecule has 0 aromatic carbocycles. The van der Waals surface area contributed by atoms with E-state index in [4.69, 9.17) is 0 Å². The van der Waals surface area contributed by atoms with Gasteiger partial charge in [-0.15, -0.1) is 0 Å². The molecular weight excluding hydrogens is 234 g/mol. The number of hydrogen-bond acceptors (Lipinski definition) is 3. The van der Waals surface area contributed by atoms with E-state index >= 15 is 0 Å². The number of alkyl halides is 2. The van der Waals surface area contributed by atoms with Gasteiger partial charge < -0.3 is 15.0 Å². The van der Waals surface area contributed by atoms with Gasteiger partial charge in [-0.3, -0.25) is 9.59 Å². The normalized spacial score (nSPS) is 19.7. The van der Waals surface area contributed by atoms with Gasteiger partial charge >= 0.3 is 0 Å². The van der Waals surface area contributed by atoms with Crippen LogP contribution in [0.5, 0.6) is 0 Å². The molecule has 0 aromatic rings. The summed E-state index contributed by atoms with van der Waals surface area (Å²) in [4.78, 5) is 24.4. The zero-order valence-corrected chi connectivity index (χ0v) is 9.83. The van der Waals surface area contributed by atoms with Crippen LogP contribution in [0.25, 0.3) is 0 Å². The first kappa shape index (κ1) is 13.8. The van der Waals surface area contributed by atoms with Crippen molar-refractivity contribution in [3.8, 4) is 0 Å². The molecule has 2 amide bonds. The van der Waals surface area contributed by atoms with Crippen LogP contribution in [0.1, 0.15) is 13.8 Å². The van der Waals surface area contributed by atoms with Crippen LogP contribution in [0.2, 0.25) is 0 Å². The number of hydrogen-bond donors (Lipinski definition) is 1. The molecule has 1 heterocycles. The van der Waals surface area contributed by atoms with E-state index < -0.39 is 18.6 Å². The van der Waals surface area contributed by atoms with Crippen LogP contribution in [0.4, 0.5) is 8.78 Å². The molecule has 0 aliphatic carbocycles. The van der Waals surface area contributed by atoms with Crippen LogP contribution in [0, 0.1) is 0 Å². The van der Waals surface area contributed by atoms with Crippen LogP contribution in [0.15, 0.2) is 0 Å². The van der Waals surface area contributed by atoms with Crippen molar-refractivity contribution < 1.29 is 23.1 Å². The minimum absolute atomic E-state index is 0.000556. The number of carbonyl (C=O) groups is 2. The third-order valence-corrected chi connectivity index (χ3v) is 2.36. The van der Waals surface area contributed by atoms with Gasteiger partial charge in [0.15, 0.2) is 0 Å². The number of nitrogens with one attached hydrogen (secondary N) is 1. The lowest BCUT2D eigenvalue weighted by molar-refractivity contribution is -0.149. The Bertz CT molecular complexity index is 308. The van der Waals surface area contributed by atoms with Crippen molar-refractivity contribution >= 4 is 11.8 Å². The predicted molar refractivity (Wildman–Crippen MR) is 55.6 cm³/mol. The van der Waals surface area contributed by atoms with Crippen molar-refractivity contribution in [2.24, 2.45) is 0 Å². The van der Waals surface area contributed by atoms with Crippen LogP contribution in [0.3, 0.4) is 0 Å². The molecule has 1 saturated heterocycles. The first-order chi connectivity index (χ1) is 7.83. The smallest absolute Gasteiger partial charge is 0.261 e. The van der Waals surface area contributed by atoms with Crippen LogP contribution >= 0.6 is 0 Å². The molecule has 0 aromatic heterocycles. The summed E-state index contributed by atoms with van der Waals surface area (Å²) in [6, 6.07) is 0. The molecule has 1 aliphatic rings. The first-order valence-electron chi connectivity index (χ1n) is 5.29. The molecular formula is C10H16F2N2O3. The summed E-state index contributed by atoms with van der Waals surface area (Å²) in [6.07, 6.45) is -2.52. The largest absolute Gasteiger partial charge is 0.374 e. The summed E-state index contributed by atoms with van der Waals surface area (Å²) in [5, 5.41) is 2.55. The molecule has 1 N–H and O–H groups in total. The highest BCUT2D eigenvalue weighted by Gasteiger charge is 2.38. The molecule has 0 atom stereocenters. The molecule has 1 fully saturated rings. The van der Waals surface area contributed by atoms with E-state index in [1.54, 1.807) is 13.8 Å². The van der Waals surface area contributed by atoms with Crippen molar-refractivity contribution in [3.63, 3.8) is 0 Å². The van der Waals surface area contributed by atoms with Crippen LogP contribution in [-0.2, 0) is 14.3 Å². The van der Waals surface area contributed by atoms with Crippen LogP contribution < -0.4 is 5.32 Å². The maximum absolute atomic E-state index is 11.8. The number of rotatable bonds is 5. The monoisotopic (exact) mass is 250 g/mol. The van der Waals surface area contributed by atoms with Gasteiger partial charge in [0.1, 0.15) is 12.1 Å². The van der Waals surface area contributed by atoms with E-state index in [2.05, 4.69) is 10.1 Å². The number of nitrogens with zero attached hydrogens (tertiary/aromatic N) is 1. The fourth-order valence-electron chi connectivity index (χ4n) is 1.61. The highest BCUT2D eigenvalue weighted by Crippen LogP contribution is 2.12. The van der Waals surface area contributed by atoms with E-state index in [0.29, 0.717) is 0 Å². The summed E-state index contributed by atoms with van der Waals surface area (Å²) >= 11 is 0. The molecule has 5 nitrogen and oxygen atoms in total. The van der Waals surface area contributed by atoms with Gasteiger partial charge in [-0.25, -0.2) is 8.78 Å². The summed E-state index contributed by atoms with van der Waals surface area (Å²) < 4.78 is 28.3. The quantitative estimate of drug-likeness (QED) is 0.699. The lowest BCUT2D eigenvalue weighted by Crippen LogP contribution is -2.64. The lowest BCUT2D eigenvalue weighted by Gasteiger charge is -2.37. The molecule has 0 unspecified atom stereocenters. The van der Waals surface area contributed by atoms with E-state index in [0.717, 1.165) is 0 Å². The minimum atomic E-state index is -2.52. The lowest BCUT2D eigenvalue weighted by atomic mass is 10.0. The average molecular weight is 250 g/mol. The third-order valence-electron chi connectivity index (χ3n) is 2.36. The molecule has 7 heteroatoms. The molecule has 1 aliphatic heterocycles. The third kappa shape index (κ3) is 3.92. The Hall–Kier alpha value is -1.24. The SMILES string of the molecule is CC1(C)NC(=O)CN(CCOCC(F)F)C1=O. The Morgan fingerprint density at radius 2 is 2.12 bits per heavy atom. The van der Waals surface area contributed by atoms with Crippen molar-refractivity contribution in [2.45, 2.75) is 25.8 Å². The predicted octanol–water partition coefficient (Wildman–Crippen LogP) is 0.00510. The van der Waals surface area contributed by atoms with Crippen molar-refractivity contribution in [3.05, 3.63) is 0 Å². The fraction of sp³-hybridized carbons (Fsp3) is 0.800. The fourth-order valence-corrected chi connectivity index (χ4v) is 1.61. The number of ether oxygens (including phenoxy) is 1.